The average molecular weight is 514 g/mol. The number of benzene rings is 2. The Morgan fingerprint density at radius 3 is 2.27 bits per heavy atom. The van der Waals surface area contributed by atoms with Crippen molar-refractivity contribution in [2.75, 3.05) is 19.8 Å². The third-order valence-corrected chi connectivity index (χ3v) is 7.70. The maximum atomic E-state index is 6.72. The highest BCUT2D eigenvalue weighted by atomic mass is 35.5. The van der Waals surface area contributed by atoms with Gasteiger partial charge in [0.05, 0.1) is 41.0 Å². The molecule has 1 saturated heterocycles. The molecule has 0 N–H and O–H groups in total. The number of hydrogen-bond donors (Lipinski definition) is 0. The van der Waals surface area contributed by atoms with Gasteiger partial charge < -0.3 is 14.2 Å². The Balaban J connectivity index is 1.85. The normalized spacial score (nSPS) is 16.6. The Morgan fingerprint density at radius 1 is 1.03 bits per heavy atom. The van der Waals surface area contributed by atoms with E-state index >= 15 is 0 Å². The molecular weight excluding hydrogens is 479 g/mol. The van der Waals surface area contributed by atoms with Crippen LogP contribution in [-0.2, 0) is 10.2 Å². The van der Waals surface area contributed by atoms with E-state index in [1.54, 1.807) is 0 Å². The molecule has 2 aromatic rings. The molecule has 0 aromatic heterocycles. The van der Waals surface area contributed by atoms with Crippen molar-refractivity contribution in [3.8, 4) is 11.5 Å². The standard InChI is InChI=1S/C27H35Cl3O3/c1-7-16(2)8-10-31-25-17(3)12-19(13-22(25)28)27(5,6)21-14-23(29)26(24(30)18(21)4)32-11-9-20-15-33-20/h12-14,16,20H,7-11,15H2,1-6H3. The van der Waals surface area contributed by atoms with Crippen molar-refractivity contribution >= 4 is 34.8 Å². The molecule has 0 radical (unpaired) electrons. The largest absolute Gasteiger partial charge is 0.492 e. The predicted molar refractivity (Wildman–Crippen MR) is 139 cm³/mol. The number of halogens is 3. The monoisotopic (exact) mass is 512 g/mol. The van der Waals surface area contributed by atoms with Crippen LogP contribution in [0.3, 0.4) is 0 Å². The summed E-state index contributed by atoms with van der Waals surface area (Å²) in [5.74, 6) is 1.93. The summed E-state index contributed by atoms with van der Waals surface area (Å²) in [6.07, 6.45) is 3.30. The Bertz CT molecular complexity index is 960. The number of hydrogen-bond acceptors (Lipinski definition) is 3. The number of rotatable bonds is 11. The molecular formula is C27H35Cl3O3. The maximum Gasteiger partial charge on any atom is 0.156 e. The Kier molecular flexibility index (Phi) is 8.88. The van der Waals surface area contributed by atoms with Crippen molar-refractivity contribution in [2.45, 2.75) is 72.3 Å². The summed E-state index contributed by atoms with van der Waals surface area (Å²) in [6.45, 7) is 14.8. The van der Waals surface area contributed by atoms with Crippen molar-refractivity contribution in [1.82, 2.24) is 0 Å². The highest BCUT2D eigenvalue weighted by Crippen LogP contribution is 2.45. The summed E-state index contributed by atoms with van der Waals surface area (Å²) in [5.41, 5.74) is 3.71. The molecule has 6 heteroatoms. The first-order chi connectivity index (χ1) is 15.6. The smallest absolute Gasteiger partial charge is 0.156 e. The second-order valence-corrected chi connectivity index (χ2v) is 10.8. The van der Waals surface area contributed by atoms with Gasteiger partial charge in [-0.05, 0) is 60.6 Å². The molecule has 1 heterocycles. The van der Waals surface area contributed by atoms with Crippen LogP contribution < -0.4 is 9.47 Å². The van der Waals surface area contributed by atoms with Crippen LogP contribution in [0.25, 0.3) is 0 Å². The summed E-state index contributed by atoms with van der Waals surface area (Å²) in [6, 6.07) is 6.10. The fourth-order valence-corrected chi connectivity index (χ4v) is 4.88. The molecule has 0 aliphatic carbocycles. The zero-order valence-corrected chi connectivity index (χ0v) is 22.8. The molecule has 0 saturated carbocycles. The van der Waals surface area contributed by atoms with Gasteiger partial charge in [0.25, 0.3) is 0 Å². The van der Waals surface area contributed by atoms with Gasteiger partial charge in [-0.2, -0.15) is 0 Å². The van der Waals surface area contributed by atoms with Crippen molar-refractivity contribution in [3.05, 3.63) is 55.5 Å². The summed E-state index contributed by atoms with van der Waals surface area (Å²) < 4.78 is 17.2. The molecule has 2 atom stereocenters. The van der Waals surface area contributed by atoms with Gasteiger partial charge in [-0.15, -0.1) is 0 Å². The van der Waals surface area contributed by atoms with Gasteiger partial charge in [0.15, 0.2) is 5.75 Å². The molecule has 2 unspecified atom stereocenters. The first kappa shape index (κ1) is 26.5. The highest BCUT2D eigenvalue weighted by molar-refractivity contribution is 6.37. The lowest BCUT2D eigenvalue weighted by Crippen LogP contribution is -2.21. The van der Waals surface area contributed by atoms with Crippen LogP contribution in [0, 0.1) is 19.8 Å². The highest BCUT2D eigenvalue weighted by Gasteiger charge is 2.30. The van der Waals surface area contributed by atoms with E-state index in [4.69, 9.17) is 49.0 Å². The third-order valence-electron chi connectivity index (χ3n) is 6.69. The van der Waals surface area contributed by atoms with E-state index in [0.717, 1.165) is 53.9 Å². The van der Waals surface area contributed by atoms with Gasteiger partial charge in [0, 0.05) is 11.8 Å². The second-order valence-electron chi connectivity index (χ2n) is 9.65. The van der Waals surface area contributed by atoms with Crippen molar-refractivity contribution in [3.63, 3.8) is 0 Å². The summed E-state index contributed by atoms with van der Waals surface area (Å²) in [5, 5.41) is 1.69. The van der Waals surface area contributed by atoms with E-state index in [1.807, 2.05) is 26.0 Å². The van der Waals surface area contributed by atoms with Crippen LogP contribution in [0.15, 0.2) is 18.2 Å². The van der Waals surface area contributed by atoms with E-state index in [2.05, 4.69) is 33.8 Å². The van der Waals surface area contributed by atoms with Crippen LogP contribution in [0.2, 0.25) is 15.1 Å². The van der Waals surface area contributed by atoms with Crippen LogP contribution in [-0.4, -0.2) is 25.9 Å². The molecule has 3 nitrogen and oxygen atoms in total. The van der Waals surface area contributed by atoms with Gasteiger partial charge in [-0.25, -0.2) is 0 Å². The lowest BCUT2D eigenvalue weighted by atomic mass is 9.75. The second kappa shape index (κ2) is 11.1. The van der Waals surface area contributed by atoms with Crippen LogP contribution in [0.1, 0.15) is 69.2 Å². The third kappa shape index (κ3) is 6.31. The summed E-state index contributed by atoms with van der Waals surface area (Å²) in [4.78, 5) is 0. The van der Waals surface area contributed by atoms with Gasteiger partial charge in [0.2, 0.25) is 0 Å². The number of ether oxygens (including phenoxy) is 3. The maximum absolute atomic E-state index is 6.72. The van der Waals surface area contributed by atoms with Gasteiger partial charge in [-0.1, -0.05) is 75.0 Å². The lowest BCUT2D eigenvalue weighted by Gasteiger charge is -2.30. The van der Waals surface area contributed by atoms with E-state index < -0.39 is 0 Å². The van der Waals surface area contributed by atoms with Crippen molar-refractivity contribution < 1.29 is 14.2 Å². The molecule has 3 rings (SSSR count). The first-order valence-electron chi connectivity index (χ1n) is 11.7. The molecule has 1 aliphatic rings. The predicted octanol–water partition coefficient (Wildman–Crippen LogP) is 8.57. The van der Waals surface area contributed by atoms with Gasteiger partial charge >= 0.3 is 0 Å². The quantitative estimate of drug-likeness (QED) is 0.282. The summed E-state index contributed by atoms with van der Waals surface area (Å²) in [7, 11) is 0. The van der Waals surface area contributed by atoms with E-state index in [1.165, 1.54) is 0 Å². The average Bonchev–Trinajstić information content (AvgIpc) is 3.58. The minimum absolute atomic E-state index is 0.303. The molecule has 0 amide bonds. The van der Waals surface area contributed by atoms with Crippen molar-refractivity contribution in [1.29, 1.82) is 0 Å². The molecule has 1 aliphatic heterocycles. The topological polar surface area (TPSA) is 31.0 Å². The molecule has 0 bridgehead atoms. The molecule has 0 spiro atoms. The van der Waals surface area contributed by atoms with Crippen molar-refractivity contribution in [2.24, 2.45) is 5.92 Å². The lowest BCUT2D eigenvalue weighted by molar-refractivity contribution is 0.280. The number of epoxide rings is 1. The fraction of sp³-hybridized carbons (Fsp3) is 0.556. The zero-order chi connectivity index (χ0) is 24.3. The summed E-state index contributed by atoms with van der Waals surface area (Å²) >= 11 is 20.0. The molecule has 1 fully saturated rings. The SMILES string of the molecule is CCC(C)CCOc1c(C)cc(C(C)(C)c2cc(Cl)c(OCCC3CO3)c(Cl)c2C)cc1Cl. The first-order valence-corrected chi connectivity index (χ1v) is 12.9. The molecule has 182 valence electrons. The minimum Gasteiger partial charge on any atom is -0.492 e. The van der Waals surface area contributed by atoms with E-state index in [-0.39, 0.29) is 5.41 Å². The Labute approximate surface area is 213 Å². The minimum atomic E-state index is -0.374. The van der Waals surface area contributed by atoms with E-state index in [0.29, 0.717) is 46.1 Å². The van der Waals surface area contributed by atoms with Gasteiger partial charge in [0.1, 0.15) is 5.75 Å². The van der Waals surface area contributed by atoms with Crippen LogP contribution in [0.5, 0.6) is 11.5 Å². The Hall–Kier alpha value is -1.13. The van der Waals surface area contributed by atoms with E-state index in [9.17, 15) is 0 Å². The number of aryl methyl sites for hydroxylation is 1. The molecule has 33 heavy (non-hydrogen) atoms. The van der Waals surface area contributed by atoms with Crippen LogP contribution in [0.4, 0.5) is 0 Å². The fourth-order valence-electron chi connectivity index (χ4n) is 4.00. The Morgan fingerprint density at radius 2 is 1.67 bits per heavy atom. The zero-order valence-electron chi connectivity index (χ0n) is 20.5. The van der Waals surface area contributed by atoms with Gasteiger partial charge in [-0.3, -0.25) is 0 Å². The molecule has 2 aromatic carbocycles. The van der Waals surface area contributed by atoms with Crippen LogP contribution >= 0.6 is 34.8 Å².